The van der Waals surface area contributed by atoms with Crippen LogP contribution in [0.1, 0.15) is 36.9 Å². The van der Waals surface area contributed by atoms with Gasteiger partial charge in [-0.05, 0) is 35.6 Å². The summed E-state index contributed by atoms with van der Waals surface area (Å²) >= 11 is 1.41. The summed E-state index contributed by atoms with van der Waals surface area (Å²) in [6.45, 7) is 2.22. The molecule has 4 rings (SSSR count). The van der Waals surface area contributed by atoms with Gasteiger partial charge in [-0.2, -0.15) is 0 Å². The van der Waals surface area contributed by atoms with Crippen molar-refractivity contribution >= 4 is 28.8 Å². The van der Waals surface area contributed by atoms with Gasteiger partial charge in [-0.3, -0.25) is 4.79 Å². The van der Waals surface area contributed by atoms with Crippen molar-refractivity contribution < 1.29 is 23.5 Å². The summed E-state index contributed by atoms with van der Waals surface area (Å²) in [7, 11) is 2.93. The van der Waals surface area contributed by atoms with Crippen LogP contribution < -0.4 is 10.1 Å². The first-order chi connectivity index (χ1) is 17.0. The molecule has 7 nitrogen and oxygen atoms in total. The zero-order chi connectivity index (χ0) is 24.9. The number of allylic oxidation sites excluding steroid dienone is 1. The standard InChI is InChI=1S/C26H26FN3O4S/c1-4-20-23(25(32)34-3)24(19-7-5-6-8-21(19)33-2)30-18(15-35-26(30)29-20)13-22(31)28-14-16-9-11-17(27)12-10-16/h5-12,15,24H,4,13-14H2,1-3H3,(H,28,31)/t24-/m0/s1. The summed E-state index contributed by atoms with van der Waals surface area (Å²) in [6, 6.07) is 12.9. The molecule has 2 heterocycles. The van der Waals surface area contributed by atoms with Crippen LogP contribution in [0.15, 0.2) is 75.9 Å². The third kappa shape index (κ3) is 5.09. The zero-order valence-corrected chi connectivity index (χ0v) is 20.5. The summed E-state index contributed by atoms with van der Waals surface area (Å²) in [5, 5.41) is 5.44. The highest BCUT2D eigenvalue weighted by molar-refractivity contribution is 8.16. The topological polar surface area (TPSA) is 80.2 Å². The number of esters is 1. The Hall–Kier alpha value is -3.59. The number of hydrogen-bond acceptors (Lipinski definition) is 7. The number of benzene rings is 2. The van der Waals surface area contributed by atoms with Gasteiger partial charge in [0.2, 0.25) is 5.91 Å². The summed E-state index contributed by atoms with van der Waals surface area (Å²) in [6.07, 6.45) is 0.621. The molecule has 2 aliphatic heterocycles. The lowest BCUT2D eigenvalue weighted by Crippen LogP contribution is -2.38. The first kappa shape index (κ1) is 24.5. The molecule has 1 atom stereocenters. The second kappa shape index (κ2) is 10.8. The number of nitrogens with one attached hydrogen (secondary N) is 1. The van der Waals surface area contributed by atoms with Gasteiger partial charge < -0.3 is 19.7 Å². The van der Waals surface area contributed by atoms with Crippen molar-refractivity contribution in [2.24, 2.45) is 4.99 Å². The number of fused-ring (bicyclic) bond motifs is 1. The van der Waals surface area contributed by atoms with Gasteiger partial charge in [0.15, 0.2) is 5.17 Å². The van der Waals surface area contributed by atoms with Gasteiger partial charge in [0.05, 0.1) is 38.0 Å². The van der Waals surface area contributed by atoms with E-state index in [4.69, 9.17) is 14.5 Å². The maximum atomic E-state index is 13.2. The van der Waals surface area contributed by atoms with Crippen LogP contribution in [0.2, 0.25) is 0 Å². The number of para-hydroxylation sites is 1. The summed E-state index contributed by atoms with van der Waals surface area (Å²) < 4.78 is 23.9. The Morgan fingerprint density at radius 2 is 1.89 bits per heavy atom. The largest absolute Gasteiger partial charge is 0.496 e. The molecule has 1 N–H and O–H groups in total. The Morgan fingerprint density at radius 1 is 1.14 bits per heavy atom. The molecule has 2 aromatic carbocycles. The van der Waals surface area contributed by atoms with Crippen molar-refractivity contribution in [1.29, 1.82) is 0 Å². The number of nitrogens with zero attached hydrogens (tertiary/aromatic N) is 2. The zero-order valence-electron chi connectivity index (χ0n) is 19.7. The molecule has 0 saturated carbocycles. The Labute approximate surface area is 207 Å². The molecule has 2 aromatic rings. The average molecular weight is 496 g/mol. The lowest BCUT2D eigenvalue weighted by molar-refractivity contribution is -0.136. The minimum absolute atomic E-state index is 0.0781. The molecule has 0 radical (unpaired) electrons. The van der Waals surface area contributed by atoms with Crippen LogP contribution in [0.25, 0.3) is 0 Å². The summed E-state index contributed by atoms with van der Waals surface area (Å²) in [4.78, 5) is 32.4. The monoisotopic (exact) mass is 495 g/mol. The van der Waals surface area contributed by atoms with E-state index in [2.05, 4.69) is 5.32 Å². The van der Waals surface area contributed by atoms with Gasteiger partial charge >= 0.3 is 5.97 Å². The molecule has 0 aromatic heterocycles. The molecule has 0 aliphatic carbocycles. The van der Waals surface area contributed by atoms with Gasteiger partial charge in [0.1, 0.15) is 11.6 Å². The van der Waals surface area contributed by atoms with Gasteiger partial charge in [-0.25, -0.2) is 14.2 Å². The Kier molecular flexibility index (Phi) is 7.55. The average Bonchev–Trinajstić information content (AvgIpc) is 3.28. The van der Waals surface area contributed by atoms with Crippen molar-refractivity contribution in [2.75, 3.05) is 14.2 Å². The van der Waals surface area contributed by atoms with E-state index in [1.165, 1.54) is 31.0 Å². The fraction of sp³-hybridized carbons (Fsp3) is 0.269. The minimum Gasteiger partial charge on any atom is -0.496 e. The first-order valence-electron chi connectivity index (χ1n) is 11.2. The number of amidine groups is 1. The highest BCUT2D eigenvalue weighted by atomic mass is 32.2. The van der Waals surface area contributed by atoms with E-state index in [-0.39, 0.29) is 24.7 Å². The second-order valence-corrected chi connectivity index (χ2v) is 8.76. The maximum absolute atomic E-state index is 13.2. The molecule has 0 fully saturated rings. The van der Waals surface area contributed by atoms with E-state index in [9.17, 15) is 14.0 Å². The molecule has 2 aliphatic rings. The van der Waals surface area contributed by atoms with Crippen LogP contribution >= 0.6 is 11.8 Å². The van der Waals surface area contributed by atoms with Crippen LogP contribution in [0.4, 0.5) is 4.39 Å². The van der Waals surface area contributed by atoms with Crippen LogP contribution in [0.5, 0.6) is 5.75 Å². The third-order valence-corrected chi connectivity index (χ3v) is 6.70. The van der Waals surface area contributed by atoms with E-state index >= 15 is 0 Å². The van der Waals surface area contributed by atoms with E-state index < -0.39 is 12.0 Å². The number of ether oxygens (including phenoxy) is 2. The quantitative estimate of drug-likeness (QED) is 0.536. The predicted octanol–water partition coefficient (Wildman–Crippen LogP) is 4.68. The number of amides is 1. The Morgan fingerprint density at radius 3 is 2.57 bits per heavy atom. The predicted molar refractivity (Wildman–Crippen MR) is 133 cm³/mol. The van der Waals surface area contributed by atoms with Crippen LogP contribution in [0.3, 0.4) is 0 Å². The van der Waals surface area contributed by atoms with Crippen molar-refractivity contribution in [3.8, 4) is 5.75 Å². The first-order valence-corrected chi connectivity index (χ1v) is 12.0. The Balaban J connectivity index is 1.64. The number of halogens is 1. The minimum atomic E-state index is -0.563. The molecule has 0 bridgehead atoms. The van der Waals surface area contributed by atoms with Crippen LogP contribution in [-0.2, 0) is 20.9 Å². The number of rotatable bonds is 8. The molecule has 9 heteroatoms. The van der Waals surface area contributed by atoms with E-state index in [0.29, 0.717) is 34.3 Å². The fourth-order valence-electron chi connectivity index (χ4n) is 4.13. The lowest BCUT2D eigenvalue weighted by atomic mass is 9.92. The van der Waals surface area contributed by atoms with Gasteiger partial charge in [-0.15, -0.1) is 0 Å². The molecule has 182 valence electrons. The molecule has 1 amide bonds. The number of methoxy groups -OCH3 is 2. The SMILES string of the molecule is CCC1=C(C(=O)OC)[C@H](c2ccccc2OC)N2C(CC(=O)NCc3ccc(F)cc3)=CSC2=N1. The van der Waals surface area contributed by atoms with Crippen molar-refractivity contribution in [3.05, 3.63) is 87.9 Å². The van der Waals surface area contributed by atoms with Crippen LogP contribution in [-0.4, -0.2) is 36.2 Å². The maximum Gasteiger partial charge on any atom is 0.338 e. The molecule has 0 saturated heterocycles. The van der Waals surface area contributed by atoms with Crippen molar-refractivity contribution in [1.82, 2.24) is 10.2 Å². The van der Waals surface area contributed by atoms with Gasteiger partial charge in [-0.1, -0.05) is 49.0 Å². The smallest absolute Gasteiger partial charge is 0.338 e. The van der Waals surface area contributed by atoms with E-state index in [1.807, 2.05) is 41.5 Å². The third-order valence-electron chi connectivity index (χ3n) is 5.81. The van der Waals surface area contributed by atoms with Crippen molar-refractivity contribution in [2.45, 2.75) is 32.4 Å². The number of thioether (sulfide) groups is 1. The normalized spacial score (nSPS) is 16.9. The highest BCUT2D eigenvalue weighted by Crippen LogP contribution is 2.47. The number of aliphatic imine (C=N–C) groups is 1. The van der Waals surface area contributed by atoms with Crippen LogP contribution in [0, 0.1) is 5.82 Å². The second-order valence-electron chi connectivity index (χ2n) is 7.92. The molecule has 0 unspecified atom stereocenters. The molecular formula is C26H26FN3O4S. The Bertz CT molecular complexity index is 1220. The van der Waals surface area contributed by atoms with E-state index in [1.54, 1.807) is 19.2 Å². The van der Waals surface area contributed by atoms with Crippen molar-refractivity contribution in [3.63, 3.8) is 0 Å². The number of hydrogen-bond donors (Lipinski definition) is 1. The fourth-order valence-corrected chi connectivity index (χ4v) is 5.07. The summed E-state index contributed by atoms with van der Waals surface area (Å²) in [5.41, 5.74) is 3.34. The van der Waals surface area contributed by atoms with Gasteiger partial charge in [0, 0.05) is 17.8 Å². The van der Waals surface area contributed by atoms with Gasteiger partial charge in [0.25, 0.3) is 0 Å². The molecule has 0 spiro atoms. The summed E-state index contributed by atoms with van der Waals surface area (Å²) in [5.74, 6) is -0.385. The van der Waals surface area contributed by atoms with E-state index in [0.717, 1.165) is 11.1 Å². The molecular weight excluding hydrogens is 469 g/mol. The number of carbonyl (C=O) groups is 2. The number of carbonyl (C=O) groups excluding carboxylic acids is 2. The highest BCUT2D eigenvalue weighted by Gasteiger charge is 2.42. The molecule has 35 heavy (non-hydrogen) atoms. The lowest BCUT2D eigenvalue weighted by Gasteiger charge is -2.37.